The molecule has 0 unspecified atom stereocenters. The van der Waals surface area contributed by atoms with Gasteiger partial charge in [-0.25, -0.2) is 4.39 Å². The van der Waals surface area contributed by atoms with E-state index in [2.05, 4.69) is 5.32 Å². The Morgan fingerprint density at radius 1 is 1.28 bits per heavy atom. The lowest BCUT2D eigenvalue weighted by Gasteiger charge is -2.41. The van der Waals surface area contributed by atoms with Crippen LogP contribution in [0.1, 0.15) is 16.8 Å². The maximum absolute atomic E-state index is 13.1. The van der Waals surface area contributed by atoms with E-state index in [1.165, 1.54) is 18.6 Å². The average molecular weight is 248 g/mol. The molecule has 1 aromatic rings. The van der Waals surface area contributed by atoms with Gasteiger partial charge in [0.2, 0.25) is 0 Å². The van der Waals surface area contributed by atoms with Crippen LogP contribution in [0.25, 0.3) is 0 Å². The third-order valence-corrected chi connectivity index (χ3v) is 3.85. The summed E-state index contributed by atoms with van der Waals surface area (Å²) >= 11 is 0. The normalized spacial score (nSPS) is 27.1. The Balaban J connectivity index is 1.76. The fourth-order valence-corrected chi connectivity index (χ4v) is 3.08. The molecule has 96 valence electrons. The van der Waals surface area contributed by atoms with E-state index in [0.29, 0.717) is 17.4 Å². The van der Waals surface area contributed by atoms with E-state index in [0.717, 1.165) is 26.2 Å². The maximum atomic E-state index is 13.1. The standard InChI is InChI=1S/C14H17FN2O/c15-13-3-1-2-12(5-13)14(18)17-8-10-4-11(9-17)7-16-6-10/h1-3,5,10-11,16H,4,6-9H2/t10-,11+. The summed E-state index contributed by atoms with van der Waals surface area (Å²) in [4.78, 5) is 14.2. The van der Waals surface area contributed by atoms with E-state index in [1.807, 2.05) is 4.90 Å². The van der Waals surface area contributed by atoms with Crippen molar-refractivity contribution < 1.29 is 9.18 Å². The van der Waals surface area contributed by atoms with E-state index >= 15 is 0 Å². The lowest BCUT2D eigenvalue weighted by molar-refractivity contribution is 0.0537. The molecule has 1 N–H and O–H groups in total. The van der Waals surface area contributed by atoms with Gasteiger partial charge in [0.15, 0.2) is 0 Å². The van der Waals surface area contributed by atoms with E-state index in [9.17, 15) is 9.18 Å². The Hall–Kier alpha value is -1.42. The molecule has 2 atom stereocenters. The van der Waals surface area contributed by atoms with E-state index in [1.54, 1.807) is 12.1 Å². The highest BCUT2D eigenvalue weighted by Crippen LogP contribution is 2.25. The lowest BCUT2D eigenvalue weighted by Crippen LogP contribution is -2.52. The molecule has 3 rings (SSSR count). The smallest absolute Gasteiger partial charge is 0.253 e. The molecule has 2 saturated heterocycles. The number of rotatable bonds is 1. The van der Waals surface area contributed by atoms with E-state index in [4.69, 9.17) is 0 Å². The third kappa shape index (κ3) is 2.25. The zero-order valence-electron chi connectivity index (χ0n) is 10.2. The topological polar surface area (TPSA) is 32.3 Å². The Labute approximate surface area is 106 Å². The number of likely N-dealkylation sites (tertiary alicyclic amines) is 1. The van der Waals surface area contributed by atoms with Gasteiger partial charge in [-0.3, -0.25) is 4.79 Å². The molecule has 18 heavy (non-hydrogen) atoms. The van der Waals surface area contributed by atoms with Crippen molar-refractivity contribution in [2.24, 2.45) is 11.8 Å². The molecule has 3 nitrogen and oxygen atoms in total. The molecule has 0 saturated carbocycles. The van der Waals surface area contributed by atoms with Gasteiger partial charge in [-0.1, -0.05) is 6.07 Å². The first kappa shape index (κ1) is 11.7. The number of amides is 1. The molecule has 0 aliphatic carbocycles. The van der Waals surface area contributed by atoms with Crippen LogP contribution >= 0.6 is 0 Å². The van der Waals surface area contributed by atoms with Crippen molar-refractivity contribution in [3.63, 3.8) is 0 Å². The fraction of sp³-hybridized carbons (Fsp3) is 0.500. The summed E-state index contributed by atoms with van der Waals surface area (Å²) in [6.45, 7) is 3.56. The zero-order chi connectivity index (χ0) is 12.5. The highest BCUT2D eigenvalue weighted by Gasteiger charge is 2.32. The summed E-state index contributed by atoms with van der Waals surface area (Å²) in [5, 5.41) is 3.40. The molecule has 2 bridgehead atoms. The Morgan fingerprint density at radius 2 is 2.00 bits per heavy atom. The number of nitrogens with zero attached hydrogens (tertiary/aromatic N) is 1. The van der Waals surface area contributed by atoms with Gasteiger partial charge in [0.1, 0.15) is 5.82 Å². The van der Waals surface area contributed by atoms with Crippen LogP contribution in [0.2, 0.25) is 0 Å². The van der Waals surface area contributed by atoms with E-state index in [-0.39, 0.29) is 11.7 Å². The molecule has 2 aliphatic rings. The Kier molecular flexibility index (Phi) is 3.04. The van der Waals surface area contributed by atoms with Crippen LogP contribution in [-0.2, 0) is 0 Å². The Morgan fingerprint density at radius 3 is 2.67 bits per heavy atom. The van der Waals surface area contributed by atoms with Crippen molar-refractivity contribution in [2.45, 2.75) is 6.42 Å². The second-order valence-electron chi connectivity index (χ2n) is 5.35. The van der Waals surface area contributed by atoms with Gasteiger partial charge < -0.3 is 10.2 Å². The van der Waals surface area contributed by atoms with Gasteiger partial charge in [-0.05, 0) is 49.5 Å². The number of halogens is 1. The van der Waals surface area contributed by atoms with Gasteiger partial charge in [-0.15, -0.1) is 0 Å². The van der Waals surface area contributed by atoms with Crippen LogP contribution in [0.4, 0.5) is 4.39 Å². The first-order chi connectivity index (χ1) is 8.72. The second kappa shape index (κ2) is 4.69. The maximum Gasteiger partial charge on any atom is 0.253 e. The molecule has 2 heterocycles. The fourth-order valence-electron chi connectivity index (χ4n) is 3.08. The largest absolute Gasteiger partial charge is 0.338 e. The van der Waals surface area contributed by atoms with Crippen LogP contribution in [0.5, 0.6) is 0 Å². The number of carbonyl (C=O) groups excluding carboxylic acids is 1. The van der Waals surface area contributed by atoms with Crippen molar-refractivity contribution in [3.8, 4) is 0 Å². The lowest BCUT2D eigenvalue weighted by atomic mass is 9.85. The van der Waals surface area contributed by atoms with Gasteiger partial charge >= 0.3 is 0 Å². The van der Waals surface area contributed by atoms with E-state index < -0.39 is 0 Å². The molecule has 0 radical (unpaired) electrons. The summed E-state index contributed by atoms with van der Waals surface area (Å²) < 4.78 is 13.1. The summed E-state index contributed by atoms with van der Waals surface area (Å²) in [7, 11) is 0. The van der Waals surface area contributed by atoms with Crippen molar-refractivity contribution in [2.75, 3.05) is 26.2 Å². The average Bonchev–Trinajstić information content (AvgIpc) is 2.37. The molecule has 0 aromatic heterocycles. The first-order valence-corrected chi connectivity index (χ1v) is 6.48. The minimum absolute atomic E-state index is 0.0360. The molecule has 2 aliphatic heterocycles. The van der Waals surface area contributed by atoms with Crippen LogP contribution in [0, 0.1) is 17.7 Å². The van der Waals surface area contributed by atoms with Gasteiger partial charge in [0.25, 0.3) is 5.91 Å². The molecular weight excluding hydrogens is 231 g/mol. The van der Waals surface area contributed by atoms with Crippen molar-refractivity contribution in [1.29, 1.82) is 0 Å². The number of carbonyl (C=O) groups is 1. The molecule has 2 fully saturated rings. The minimum Gasteiger partial charge on any atom is -0.338 e. The number of benzene rings is 1. The number of piperidine rings is 2. The monoisotopic (exact) mass is 248 g/mol. The molecule has 1 amide bonds. The van der Waals surface area contributed by atoms with Crippen LogP contribution in [-0.4, -0.2) is 37.0 Å². The number of hydrogen-bond donors (Lipinski definition) is 1. The van der Waals surface area contributed by atoms with Crippen molar-refractivity contribution in [1.82, 2.24) is 10.2 Å². The highest BCUT2D eigenvalue weighted by molar-refractivity contribution is 5.94. The number of fused-ring (bicyclic) bond motifs is 2. The second-order valence-corrected chi connectivity index (χ2v) is 5.35. The predicted molar refractivity (Wildman–Crippen MR) is 66.8 cm³/mol. The van der Waals surface area contributed by atoms with Gasteiger partial charge in [0.05, 0.1) is 0 Å². The zero-order valence-corrected chi connectivity index (χ0v) is 10.2. The van der Waals surface area contributed by atoms with Crippen LogP contribution in [0.15, 0.2) is 24.3 Å². The first-order valence-electron chi connectivity index (χ1n) is 6.48. The molecule has 1 aromatic carbocycles. The summed E-state index contributed by atoms with van der Waals surface area (Å²) in [5.41, 5.74) is 0.461. The molecule has 4 heteroatoms. The van der Waals surface area contributed by atoms with Crippen LogP contribution < -0.4 is 5.32 Å². The Bertz CT molecular complexity index is 451. The van der Waals surface area contributed by atoms with Crippen molar-refractivity contribution >= 4 is 5.91 Å². The number of hydrogen-bond acceptors (Lipinski definition) is 2. The molecular formula is C14H17FN2O. The van der Waals surface area contributed by atoms with Crippen molar-refractivity contribution in [3.05, 3.63) is 35.6 Å². The SMILES string of the molecule is O=C(c1cccc(F)c1)N1C[C@@H]2CNC[C@@H](C2)C1. The predicted octanol–water partition coefficient (Wildman–Crippen LogP) is 1.51. The summed E-state index contributed by atoms with van der Waals surface area (Å²) in [6.07, 6.45) is 1.21. The van der Waals surface area contributed by atoms with Crippen LogP contribution in [0.3, 0.4) is 0 Å². The van der Waals surface area contributed by atoms with Gasteiger partial charge in [0, 0.05) is 18.7 Å². The highest BCUT2D eigenvalue weighted by atomic mass is 19.1. The minimum atomic E-state index is -0.347. The third-order valence-electron chi connectivity index (χ3n) is 3.85. The number of nitrogens with one attached hydrogen (secondary N) is 1. The summed E-state index contributed by atoms with van der Waals surface area (Å²) in [5.74, 6) is 0.718. The van der Waals surface area contributed by atoms with Gasteiger partial charge in [-0.2, -0.15) is 0 Å². The summed E-state index contributed by atoms with van der Waals surface area (Å²) in [6, 6.07) is 5.97. The molecule has 0 spiro atoms. The quantitative estimate of drug-likeness (QED) is 0.817.